The van der Waals surface area contributed by atoms with Gasteiger partial charge < -0.3 is 20.7 Å². The van der Waals surface area contributed by atoms with E-state index in [0.29, 0.717) is 5.92 Å². The second-order valence-corrected chi connectivity index (χ2v) is 6.36. The van der Waals surface area contributed by atoms with Gasteiger partial charge in [-0.05, 0) is 44.1 Å². The monoisotopic (exact) mass is 340 g/mol. The molecule has 1 aromatic carbocycles. The lowest BCUT2D eigenvalue weighted by atomic mass is 10.1. The van der Waals surface area contributed by atoms with Crippen LogP contribution in [-0.2, 0) is 0 Å². The van der Waals surface area contributed by atoms with Gasteiger partial charge in [-0.25, -0.2) is 0 Å². The molecule has 0 amide bonds. The summed E-state index contributed by atoms with van der Waals surface area (Å²) in [6, 6.07) is 5.85. The quantitative estimate of drug-likeness (QED) is 0.380. The second-order valence-electron chi connectivity index (χ2n) is 5.44. The first-order valence-corrected chi connectivity index (χ1v) is 7.47. The molecule has 6 heteroatoms. The molecule has 110 valence electrons. The highest BCUT2D eigenvalue weighted by molar-refractivity contribution is 9.10. The largest absolute Gasteiger partial charge is 0.409 e. The highest BCUT2D eigenvalue weighted by atomic mass is 79.9. The van der Waals surface area contributed by atoms with E-state index in [1.807, 2.05) is 18.2 Å². The Balaban J connectivity index is 2.18. The van der Waals surface area contributed by atoms with Crippen molar-refractivity contribution in [1.82, 2.24) is 4.90 Å². The van der Waals surface area contributed by atoms with E-state index < -0.39 is 0 Å². The lowest BCUT2D eigenvalue weighted by molar-refractivity contribution is 0.318. The van der Waals surface area contributed by atoms with Gasteiger partial charge in [-0.2, -0.15) is 0 Å². The maximum atomic E-state index is 8.93. The SMILES string of the molecule is CN1CCC(CN(C)c2ccc(Br)cc2/C(N)=N/O)C1. The van der Waals surface area contributed by atoms with Crippen LogP contribution in [0.4, 0.5) is 5.69 Å². The molecule has 1 aromatic rings. The van der Waals surface area contributed by atoms with Crippen LogP contribution in [0.25, 0.3) is 0 Å². The van der Waals surface area contributed by atoms with Gasteiger partial charge in [0.25, 0.3) is 0 Å². The fourth-order valence-corrected chi connectivity index (χ4v) is 3.12. The van der Waals surface area contributed by atoms with Gasteiger partial charge in [0.05, 0.1) is 0 Å². The summed E-state index contributed by atoms with van der Waals surface area (Å²) in [5, 5.41) is 12.1. The zero-order valence-electron chi connectivity index (χ0n) is 11.9. The number of oxime groups is 1. The molecule has 2 rings (SSSR count). The van der Waals surface area contributed by atoms with Crippen LogP contribution in [0.5, 0.6) is 0 Å². The topological polar surface area (TPSA) is 65.1 Å². The number of likely N-dealkylation sites (tertiary alicyclic amines) is 1. The Labute approximate surface area is 128 Å². The predicted molar refractivity (Wildman–Crippen MR) is 85.5 cm³/mol. The van der Waals surface area contributed by atoms with Gasteiger partial charge in [0.15, 0.2) is 5.84 Å². The lowest BCUT2D eigenvalue weighted by Gasteiger charge is -2.25. The summed E-state index contributed by atoms with van der Waals surface area (Å²) in [5.41, 5.74) is 7.51. The van der Waals surface area contributed by atoms with Crippen molar-refractivity contribution in [2.75, 3.05) is 38.6 Å². The molecule has 1 aliphatic heterocycles. The number of nitrogens with two attached hydrogens (primary N) is 1. The van der Waals surface area contributed by atoms with Crippen molar-refractivity contribution in [2.24, 2.45) is 16.8 Å². The molecule has 0 radical (unpaired) electrons. The Bertz CT molecular complexity index is 506. The number of hydrogen-bond donors (Lipinski definition) is 2. The van der Waals surface area contributed by atoms with Crippen molar-refractivity contribution in [1.29, 1.82) is 0 Å². The summed E-state index contributed by atoms with van der Waals surface area (Å²) in [5.74, 6) is 0.797. The maximum Gasteiger partial charge on any atom is 0.172 e. The molecule has 0 spiro atoms. The predicted octanol–water partition coefficient (Wildman–Crippen LogP) is 1.93. The molecule has 5 nitrogen and oxygen atoms in total. The number of nitrogens with zero attached hydrogens (tertiary/aromatic N) is 3. The Morgan fingerprint density at radius 1 is 1.60 bits per heavy atom. The van der Waals surface area contributed by atoms with Crippen molar-refractivity contribution in [3.63, 3.8) is 0 Å². The zero-order chi connectivity index (χ0) is 14.7. The van der Waals surface area contributed by atoms with Crippen LogP contribution in [-0.4, -0.2) is 49.7 Å². The third-order valence-corrected chi connectivity index (χ3v) is 4.27. The van der Waals surface area contributed by atoms with Crippen molar-refractivity contribution in [3.8, 4) is 0 Å². The molecule has 20 heavy (non-hydrogen) atoms. The van der Waals surface area contributed by atoms with Crippen LogP contribution >= 0.6 is 15.9 Å². The summed E-state index contributed by atoms with van der Waals surface area (Å²) in [6.07, 6.45) is 1.22. The van der Waals surface area contributed by atoms with Gasteiger partial charge in [-0.15, -0.1) is 0 Å². The van der Waals surface area contributed by atoms with Crippen molar-refractivity contribution < 1.29 is 5.21 Å². The fraction of sp³-hybridized carbons (Fsp3) is 0.500. The standard InChI is InChI=1S/C14H21BrN4O/c1-18-6-5-10(8-18)9-19(2)13-4-3-11(15)7-12(13)14(16)17-20/h3-4,7,10,20H,5-6,8-9H2,1-2H3,(H2,16,17). The van der Waals surface area contributed by atoms with Crippen LogP contribution in [0.2, 0.25) is 0 Å². The molecular formula is C14H21BrN4O. The average Bonchev–Trinajstić information content (AvgIpc) is 2.82. The molecule has 0 saturated carbocycles. The molecule has 0 bridgehead atoms. The highest BCUT2D eigenvalue weighted by Crippen LogP contribution is 2.26. The molecule has 1 atom stereocenters. The van der Waals surface area contributed by atoms with E-state index in [2.05, 4.69) is 45.0 Å². The van der Waals surface area contributed by atoms with E-state index in [4.69, 9.17) is 10.9 Å². The zero-order valence-corrected chi connectivity index (χ0v) is 13.5. The summed E-state index contributed by atoms with van der Waals surface area (Å²) in [4.78, 5) is 4.54. The molecule has 3 N–H and O–H groups in total. The van der Waals surface area contributed by atoms with Crippen LogP contribution in [0, 0.1) is 5.92 Å². The van der Waals surface area contributed by atoms with E-state index in [9.17, 15) is 0 Å². The molecule has 1 heterocycles. The smallest absolute Gasteiger partial charge is 0.172 e. The van der Waals surface area contributed by atoms with E-state index >= 15 is 0 Å². The summed E-state index contributed by atoms with van der Waals surface area (Å²) < 4.78 is 0.914. The lowest BCUT2D eigenvalue weighted by Crippen LogP contribution is -2.29. The van der Waals surface area contributed by atoms with Gasteiger partial charge >= 0.3 is 0 Å². The van der Waals surface area contributed by atoms with Crippen molar-refractivity contribution in [3.05, 3.63) is 28.2 Å². The Morgan fingerprint density at radius 3 is 2.95 bits per heavy atom. The van der Waals surface area contributed by atoms with Gasteiger partial charge in [0.2, 0.25) is 0 Å². The highest BCUT2D eigenvalue weighted by Gasteiger charge is 2.22. The van der Waals surface area contributed by atoms with E-state index in [-0.39, 0.29) is 5.84 Å². The molecular weight excluding hydrogens is 320 g/mol. The van der Waals surface area contributed by atoms with E-state index in [1.54, 1.807) is 0 Å². The van der Waals surface area contributed by atoms with Crippen LogP contribution in [0.1, 0.15) is 12.0 Å². The Morgan fingerprint density at radius 2 is 2.35 bits per heavy atom. The minimum Gasteiger partial charge on any atom is -0.409 e. The first kappa shape index (κ1) is 15.1. The Hall–Kier alpha value is -1.27. The first-order valence-electron chi connectivity index (χ1n) is 6.68. The number of benzene rings is 1. The third kappa shape index (κ3) is 3.43. The average molecular weight is 341 g/mol. The van der Waals surface area contributed by atoms with Gasteiger partial charge in [0, 0.05) is 35.9 Å². The number of rotatable bonds is 4. The van der Waals surface area contributed by atoms with Crippen LogP contribution in [0.3, 0.4) is 0 Å². The van der Waals surface area contributed by atoms with Gasteiger partial charge in [0.1, 0.15) is 0 Å². The third-order valence-electron chi connectivity index (χ3n) is 3.77. The Kier molecular flexibility index (Phi) is 4.88. The molecule has 1 aliphatic rings. The molecule has 0 aromatic heterocycles. The molecule has 1 unspecified atom stereocenters. The summed E-state index contributed by atoms with van der Waals surface area (Å²) in [7, 11) is 4.21. The summed E-state index contributed by atoms with van der Waals surface area (Å²) in [6.45, 7) is 3.25. The van der Waals surface area contributed by atoms with Gasteiger partial charge in [-0.1, -0.05) is 21.1 Å². The molecule has 0 aliphatic carbocycles. The minimum atomic E-state index is 0.136. The number of anilines is 1. The number of halogens is 1. The number of amidine groups is 1. The number of hydrogen-bond acceptors (Lipinski definition) is 4. The first-order chi connectivity index (χ1) is 9.51. The van der Waals surface area contributed by atoms with E-state index in [0.717, 1.165) is 35.4 Å². The molecule has 1 saturated heterocycles. The minimum absolute atomic E-state index is 0.136. The normalized spacial score (nSPS) is 20.4. The fourth-order valence-electron chi connectivity index (χ4n) is 2.76. The van der Waals surface area contributed by atoms with Crippen molar-refractivity contribution >= 4 is 27.5 Å². The maximum absolute atomic E-state index is 8.93. The summed E-state index contributed by atoms with van der Waals surface area (Å²) >= 11 is 3.42. The second kappa shape index (κ2) is 6.45. The van der Waals surface area contributed by atoms with E-state index in [1.165, 1.54) is 6.42 Å². The van der Waals surface area contributed by atoms with Crippen molar-refractivity contribution in [2.45, 2.75) is 6.42 Å². The van der Waals surface area contributed by atoms with Gasteiger partial charge in [-0.3, -0.25) is 0 Å². The van der Waals surface area contributed by atoms with Crippen LogP contribution < -0.4 is 10.6 Å². The van der Waals surface area contributed by atoms with Crippen LogP contribution in [0.15, 0.2) is 27.8 Å². The molecule has 1 fully saturated rings.